The first-order valence-corrected chi connectivity index (χ1v) is 11.5. The maximum atomic E-state index is 12.5. The number of carbonyl (C=O) groups is 1. The molecule has 3 rings (SSSR count). The molecule has 1 N–H and O–H groups in total. The van der Waals surface area contributed by atoms with Gasteiger partial charge in [-0.05, 0) is 45.7 Å². The summed E-state index contributed by atoms with van der Waals surface area (Å²) in [5.74, 6) is 1.30. The van der Waals surface area contributed by atoms with Crippen molar-refractivity contribution >= 4 is 22.9 Å². The molecule has 0 radical (unpaired) electrons. The van der Waals surface area contributed by atoms with Crippen molar-refractivity contribution in [3.05, 3.63) is 53.0 Å². The number of hydrogen-bond acceptors (Lipinski definition) is 7. The summed E-state index contributed by atoms with van der Waals surface area (Å²) in [7, 11) is 0. The summed E-state index contributed by atoms with van der Waals surface area (Å²) in [4.78, 5) is 23.9. The summed E-state index contributed by atoms with van der Waals surface area (Å²) in [6, 6.07) is 10.6. The van der Waals surface area contributed by atoms with Crippen molar-refractivity contribution < 1.29 is 13.9 Å². The number of aromatic nitrogens is 2. The second-order valence-electron chi connectivity index (χ2n) is 7.95. The van der Waals surface area contributed by atoms with Gasteiger partial charge in [0.1, 0.15) is 23.0 Å². The molecule has 2 heterocycles. The number of nitrogens with zero attached hydrogens (tertiary/aromatic N) is 3. The van der Waals surface area contributed by atoms with Gasteiger partial charge in [0.05, 0.1) is 12.0 Å². The van der Waals surface area contributed by atoms with Gasteiger partial charge < -0.3 is 14.5 Å². The molecule has 0 bridgehead atoms. The third-order valence-electron chi connectivity index (χ3n) is 5.34. The first kappa shape index (κ1) is 23.7. The van der Waals surface area contributed by atoms with Gasteiger partial charge in [-0.1, -0.05) is 43.7 Å². The molecule has 0 amide bonds. The lowest BCUT2D eigenvalue weighted by molar-refractivity contribution is 0.0526. The smallest absolute Gasteiger partial charge is 0.342 e. The van der Waals surface area contributed by atoms with E-state index in [4.69, 9.17) is 9.15 Å². The minimum absolute atomic E-state index is 0.301. The van der Waals surface area contributed by atoms with E-state index in [1.54, 1.807) is 13.8 Å². The minimum Gasteiger partial charge on any atom is -0.462 e. The quantitative estimate of drug-likeness (QED) is 0.310. The van der Waals surface area contributed by atoms with Crippen LogP contribution in [0.5, 0.6) is 0 Å². The molecule has 0 saturated carbocycles. The van der Waals surface area contributed by atoms with Gasteiger partial charge in [0, 0.05) is 19.6 Å². The number of aryl methyl sites for hydroxylation is 2. The first-order valence-electron chi connectivity index (χ1n) is 11.5. The number of nitrogens with one attached hydrogen (secondary N) is 1. The van der Waals surface area contributed by atoms with Gasteiger partial charge in [-0.2, -0.15) is 4.98 Å². The number of furan rings is 1. The Kier molecular flexibility index (Phi) is 8.62. The van der Waals surface area contributed by atoms with Crippen molar-refractivity contribution in [2.45, 2.75) is 53.5 Å². The zero-order valence-electron chi connectivity index (χ0n) is 19.6. The highest BCUT2D eigenvalue weighted by atomic mass is 16.5. The molecule has 7 nitrogen and oxygen atoms in total. The second kappa shape index (κ2) is 11.6. The minimum atomic E-state index is -0.409. The number of benzene rings is 1. The number of carbonyl (C=O) groups excluding carboxylic acids is 1. The summed E-state index contributed by atoms with van der Waals surface area (Å²) in [6.07, 6.45) is 3.31. The third kappa shape index (κ3) is 6.07. The van der Waals surface area contributed by atoms with Crippen molar-refractivity contribution in [3.63, 3.8) is 0 Å². The SMILES string of the molecule is CCCCN(CCCNc1nc(C)nc2oc(C)c(C(=O)OCC)c12)Cc1ccccc1. The highest BCUT2D eigenvalue weighted by molar-refractivity contribution is 6.07. The fraction of sp³-hybridized carbons (Fsp3) is 0.480. The molecule has 1 aromatic carbocycles. The number of fused-ring (bicyclic) bond motifs is 1. The lowest BCUT2D eigenvalue weighted by Gasteiger charge is -2.22. The Morgan fingerprint density at radius 2 is 1.84 bits per heavy atom. The Morgan fingerprint density at radius 1 is 1.09 bits per heavy atom. The van der Waals surface area contributed by atoms with Gasteiger partial charge in [0.25, 0.3) is 0 Å². The van der Waals surface area contributed by atoms with E-state index >= 15 is 0 Å². The lowest BCUT2D eigenvalue weighted by atomic mass is 10.1. The van der Waals surface area contributed by atoms with Crippen molar-refractivity contribution in [1.29, 1.82) is 0 Å². The Labute approximate surface area is 190 Å². The molecule has 0 fully saturated rings. The van der Waals surface area contributed by atoms with Crippen LogP contribution in [0.1, 0.15) is 60.6 Å². The van der Waals surface area contributed by atoms with E-state index in [9.17, 15) is 4.79 Å². The molecule has 32 heavy (non-hydrogen) atoms. The van der Waals surface area contributed by atoms with E-state index in [0.29, 0.717) is 40.7 Å². The number of rotatable bonds is 12. The van der Waals surface area contributed by atoms with E-state index < -0.39 is 5.97 Å². The number of unbranched alkanes of at least 4 members (excludes halogenated alkanes) is 1. The zero-order valence-corrected chi connectivity index (χ0v) is 19.6. The lowest BCUT2D eigenvalue weighted by Crippen LogP contribution is -2.27. The predicted octanol–water partition coefficient (Wildman–Crippen LogP) is 5.12. The van der Waals surface area contributed by atoms with Crippen LogP contribution in [0.15, 0.2) is 34.7 Å². The molecule has 0 spiro atoms. The predicted molar refractivity (Wildman–Crippen MR) is 127 cm³/mol. The van der Waals surface area contributed by atoms with Gasteiger partial charge in [0.15, 0.2) is 0 Å². The topological polar surface area (TPSA) is 80.5 Å². The highest BCUT2D eigenvalue weighted by Crippen LogP contribution is 2.30. The molecule has 2 aromatic heterocycles. The summed E-state index contributed by atoms with van der Waals surface area (Å²) < 4.78 is 11.0. The van der Waals surface area contributed by atoms with Crippen LogP contribution in [0.3, 0.4) is 0 Å². The summed E-state index contributed by atoms with van der Waals surface area (Å²) in [6.45, 7) is 11.6. The van der Waals surface area contributed by atoms with Crippen molar-refractivity contribution in [2.24, 2.45) is 0 Å². The molecular formula is C25H34N4O3. The average molecular weight is 439 g/mol. The molecule has 0 aliphatic heterocycles. The molecule has 0 unspecified atom stereocenters. The van der Waals surface area contributed by atoms with Crippen molar-refractivity contribution in [2.75, 3.05) is 31.6 Å². The molecule has 3 aromatic rings. The maximum absolute atomic E-state index is 12.5. The van der Waals surface area contributed by atoms with E-state index in [2.05, 4.69) is 57.4 Å². The van der Waals surface area contributed by atoms with Gasteiger partial charge >= 0.3 is 5.97 Å². The highest BCUT2D eigenvalue weighted by Gasteiger charge is 2.24. The standard InChI is InChI=1S/C25H34N4O3/c1-5-7-15-29(17-20-12-9-8-10-13-20)16-11-14-26-23-22-21(25(30)31-6-2)18(3)32-24(22)28-19(4)27-23/h8-10,12-13H,5-7,11,14-17H2,1-4H3,(H,26,27,28). The second-order valence-corrected chi connectivity index (χ2v) is 7.95. The van der Waals surface area contributed by atoms with Crippen LogP contribution in [0.4, 0.5) is 5.82 Å². The summed E-state index contributed by atoms with van der Waals surface area (Å²) in [5.41, 5.74) is 2.14. The Morgan fingerprint density at radius 3 is 2.56 bits per heavy atom. The van der Waals surface area contributed by atoms with Gasteiger partial charge in [-0.25, -0.2) is 9.78 Å². The Bertz CT molecular complexity index is 1020. The molecule has 0 aliphatic rings. The molecule has 0 aliphatic carbocycles. The average Bonchev–Trinajstić information content (AvgIpc) is 3.11. The van der Waals surface area contributed by atoms with Crippen LogP contribution >= 0.6 is 0 Å². The number of hydrogen-bond donors (Lipinski definition) is 1. The zero-order chi connectivity index (χ0) is 22.9. The number of anilines is 1. The van der Waals surface area contributed by atoms with Gasteiger partial charge in [-0.3, -0.25) is 4.90 Å². The normalized spacial score (nSPS) is 11.3. The van der Waals surface area contributed by atoms with Gasteiger partial charge in [-0.15, -0.1) is 0 Å². The fourth-order valence-corrected chi connectivity index (χ4v) is 3.80. The van der Waals surface area contributed by atoms with Crippen LogP contribution in [-0.4, -0.2) is 47.1 Å². The van der Waals surface area contributed by atoms with E-state index in [1.165, 1.54) is 18.4 Å². The number of ether oxygens (including phenoxy) is 1. The molecular weight excluding hydrogens is 404 g/mol. The largest absolute Gasteiger partial charge is 0.462 e. The van der Waals surface area contributed by atoms with E-state index in [1.807, 2.05) is 6.92 Å². The van der Waals surface area contributed by atoms with Crippen molar-refractivity contribution in [3.8, 4) is 0 Å². The monoisotopic (exact) mass is 438 g/mol. The maximum Gasteiger partial charge on any atom is 0.342 e. The Hall–Kier alpha value is -2.93. The van der Waals surface area contributed by atoms with Crippen LogP contribution < -0.4 is 5.32 Å². The molecule has 0 atom stereocenters. The fourth-order valence-electron chi connectivity index (χ4n) is 3.80. The van der Waals surface area contributed by atoms with E-state index in [-0.39, 0.29) is 0 Å². The number of esters is 1. The molecule has 172 valence electrons. The van der Waals surface area contributed by atoms with Crippen LogP contribution in [0, 0.1) is 13.8 Å². The van der Waals surface area contributed by atoms with Crippen LogP contribution in [0.25, 0.3) is 11.1 Å². The van der Waals surface area contributed by atoms with Gasteiger partial charge in [0.2, 0.25) is 5.71 Å². The molecule has 0 saturated heterocycles. The van der Waals surface area contributed by atoms with Crippen LogP contribution in [0.2, 0.25) is 0 Å². The first-order chi connectivity index (χ1) is 15.5. The third-order valence-corrected chi connectivity index (χ3v) is 5.34. The summed E-state index contributed by atoms with van der Waals surface area (Å²) >= 11 is 0. The Balaban J connectivity index is 1.68. The van der Waals surface area contributed by atoms with Crippen molar-refractivity contribution in [1.82, 2.24) is 14.9 Å². The molecule has 7 heteroatoms. The van der Waals surface area contributed by atoms with E-state index in [0.717, 1.165) is 32.6 Å². The van der Waals surface area contributed by atoms with Crippen LogP contribution in [-0.2, 0) is 11.3 Å². The summed E-state index contributed by atoms with van der Waals surface area (Å²) in [5, 5.41) is 4.00.